The Kier molecular flexibility index (Phi) is 8.93. The van der Waals surface area contributed by atoms with Gasteiger partial charge in [-0.2, -0.15) is 15.1 Å². The van der Waals surface area contributed by atoms with Gasteiger partial charge >= 0.3 is 13.7 Å². The number of esters is 1. The zero-order chi connectivity index (χ0) is 29.1. The van der Waals surface area contributed by atoms with Crippen molar-refractivity contribution in [2.75, 3.05) is 24.2 Å². The van der Waals surface area contributed by atoms with Crippen LogP contribution >= 0.6 is 7.75 Å². The van der Waals surface area contributed by atoms with E-state index in [1.54, 1.807) is 55.7 Å². The van der Waals surface area contributed by atoms with Crippen molar-refractivity contribution in [3.63, 3.8) is 0 Å². The number of alkyl halides is 1. The Morgan fingerprint density at radius 3 is 2.70 bits per heavy atom. The Labute approximate surface area is 231 Å². The molecule has 0 bridgehead atoms. The molecule has 1 aliphatic heterocycles. The number of nitrogen functional groups attached to an aromatic ring is 1. The van der Waals surface area contributed by atoms with E-state index in [9.17, 15) is 9.36 Å². The number of halogens is 1. The molecule has 0 radical (unpaired) electrons. The van der Waals surface area contributed by atoms with E-state index < -0.39 is 38.4 Å². The first-order valence-corrected chi connectivity index (χ1v) is 14.5. The number of nitrogens with zero attached hydrogens (tertiary/aromatic N) is 4. The lowest BCUT2D eigenvalue weighted by molar-refractivity contribution is -0.173. The number of carbonyl (C=O) groups is 1. The molecule has 15 heteroatoms. The average Bonchev–Trinajstić information content (AvgIpc) is 3.43. The molecule has 0 aliphatic carbocycles. The number of rotatable bonds is 12. The molecule has 3 heterocycles. The van der Waals surface area contributed by atoms with Crippen LogP contribution < -0.4 is 20.7 Å². The third-order valence-electron chi connectivity index (χ3n) is 5.98. The normalized spacial score (nSPS) is 23.2. The van der Waals surface area contributed by atoms with Gasteiger partial charge in [0, 0.05) is 18.9 Å². The minimum atomic E-state index is -4.28. The van der Waals surface area contributed by atoms with Gasteiger partial charge in [0.1, 0.15) is 24.6 Å². The summed E-state index contributed by atoms with van der Waals surface area (Å²) >= 11 is 0. The quantitative estimate of drug-likeness (QED) is 0.207. The van der Waals surface area contributed by atoms with E-state index in [1.807, 2.05) is 6.92 Å². The second-order valence-electron chi connectivity index (χ2n) is 9.87. The van der Waals surface area contributed by atoms with Crippen LogP contribution in [0.3, 0.4) is 0 Å². The molecule has 1 aliphatic rings. The van der Waals surface area contributed by atoms with Crippen LogP contribution in [-0.2, 0) is 23.4 Å². The summed E-state index contributed by atoms with van der Waals surface area (Å²) in [4.78, 5) is 25.2. The lowest BCUT2D eigenvalue weighted by atomic mass is 10.1. The predicted octanol–water partition coefficient (Wildman–Crippen LogP) is 4.19. The fraction of sp³-hybridized carbons (Fsp3) is 0.520. The number of imidazole rings is 1. The summed E-state index contributed by atoms with van der Waals surface area (Å²) in [5.41, 5.74) is 6.73. The van der Waals surface area contributed by atoms with E-state index in [2.05, 4.69) is 25.4 Å². The predicted molar refractivity (Wildman–Crippen MR) is 146 cm³/mol. The fourth-order valence-electron chi connectivity index (χ4n) is 4.31. The molecule has 1 aromatic carbocycles. The molecule has 1 saturated heterocycles. The van der Waals surface area contributed by atoms with Crippen LogP contribution in [0, 0.1) is 5.92 Å². The summed E-state index contributed by atoms with van der Waals surface area (Å²) in [6, 6.07) is 7.14. The molecule has 0 unspecified atom stereocenters. The Balaban J connectivity index is 1.53. The summed E-state index contributed by atoms with van der Waals surface area (Å²) in [7, 11) is -4.28. The molecule has 2 aromatic heterocycles. The van der Waals surface area contributed by atoms with Crippen LogP contribution in [0.25, 0.3) is 11.2 Å². The Hall–Kier alpha value is -3.32. The zero-order valence-electron chi connectivity index (χ0n) is 23.0. The first kappa shape index (κ1) is 29.7. The van der Waals surface area contributed by atoms with E-state index >= 15 is 4.39 Å². The van der Waals surface area contributed by atoms with Crippen LogP contribution in [0.4, 0.5) is 16.2 Å². The van der Waals surface area contributed by atoms with Crippen LogP contribution in [0.1, 0.15) is 47.3 Å². The smallest absolute Gasteiger partial charge is 0.459 e. The maximum atomic E-state index is 16.1. The zero-order valence-corrected chi connectivity index (χ0v) is 23.9. The summed E-state index contributed by atoms with van der Waals surface area (Å²) < 4.78 is 53.6. The van der Waals surface area contributed by atoms with Crippen LogP contribution in [0.15, 0.2) is 36.7 Å². The summed E-state index contributed by atoms with van der Waals surface area (Å²) in [6.45, 7) is 8.38. The molecular formula is C25H35FN7O6P. The highest BCUT2D eigenvalue weighted by Crippen LogP contribution is 2.49. The van der Waals surface area contributed by atoms with E-state index in [0.717, 1.165) is 0 Å². The number of anilines is 2. The monoisotopic (exact) mass is 579 g/mol. The van der Waals surface area contributed by atoms with Gasteiger partial charge in [-0.3, -0.25) is 13.9 Å². The Morgan fingerprint density at radius 1 is 1.30 bits per heavy atom. The van der Waals surface area contributed by atoms with Gasteiger partial charge in [0.2, 0.25) is 11.8 Å². The fourth-order valence-corrected chi connectivity index (χ4v) is 5.83. The van der Waals surface area contributed by atoms with Gasteiger partial charge in [0.25, 0.3) is 0 Å². The van der Waals surface area contributed by atoms with Crippen molar-refractivity contribution < 1.29 is 32.3 Å². The Morgan fingerprint density at radius 2 is 2.02 bits per heavy atom. The van der Waals surface area contributed by atoms with E-state index in [-0.39, 0.29) is 30.1 Å². The maximum Gasteiger partial charge on any atom is 0.459 e. The molecule has 4 rings (SSSR count). The standard InChI is InChI=1S/C25H35FN7O6P/c1-6-28-20-19-21(31-24(27)30-20)33(14-29-19)22-16(4)12-25(26,38-22)13-36-40(35,39-18-10-8-7-9-11-18)32-17(5)23(34)37-15(2)3/h7-11,14-17,22H,6,12-13H2,1-5H3,(H,32,35)(H3,27,28,30,31)/t16-,17-,22+,25-,40+/m0/s1. The van der Waals surface area contributed by atoms with Gasteiger partial charge in [-0.05, 0) is 39.8 Å². The van der Waals surface area contributed by atoms with Gasteiger partial charge in [0.15, 0.2) is 17.0 Å². The summed E-state index contributed by atoms with van der Waals surface area (Å²) in [6.07, 6.45) is 0.194. The molecule has 3 aromatic rings. The molecule has 4 N–H and O–H groups in total. The van der Waals surface area contributed by atoms with Gasteiger partial charge in [0.05, 0.1) is 12.4 Å². The van der Waals surface area contributed by atoms with E-state index in [0.29, 0.717) is 23.5 Å². The topological polar surface area (TPSA) is 165 Å². The van der Waals surface area contributed by atoms with Crippen molar-refractivity contribution in [1.29, 1.82) is 0 Å². The maximum absolute atomic E-state index is 16.1. The van der Waals surface area contributed by atoms with Crippen molar-refractivity contribution in [3.05, 3.63) is 36.7 Å². The van der Waals surface area contributed by atoms with Gasteiger partial charge in [-0.25, -0.2) is 13.9 Å². The lowest BCUT2D eigenvalue weighted by Crippen LogP contribution is -2.37. The Bertz CT molecular complexity index is 1380. The van der Waals surface area contributed by atoms with Crippen molar-refractivity contribution >= 4 is 36.6 Å². The molecule has 13 nitrogen and oxygen atoms in total. The van der Waals surface area contributed by atoms with Gasteiger partial charge in [-0.1, -0.05) is 25.1 Å². The SMILES string of the molecule is CCNc1nc(N)nc2c1ncn2[C@@H]1O[C@](F)(CO[P@](=O)(N[C@@H](C)C(=O)OC(C)C)Oc2ccccc2)C[C@@H]1C. The van der Waals surface area contributed by atoms with E-state index in [1.165, 1.54) is 13.3 Å². The minimum absolute atomic E-state index is 0.0286. The number of carbonyl (C=O) groups excluding carboxylic acids is 1. The molecule has 40 heavy (non-hydrogen) atoms. The van der Waals surface area contributed by atoms with Gasteiger partial charge in [-0.15, -0.1) is 0 Å². The van der Waals surface area contributed by atoms with Crippen LogP contribution in [0.2, 0.25) is 0 Å². The number of aromatic nitrogens is 4. The van der Waals surface area contributed by atoms with Crippen LogP contribution in [0.5, 0.6) is 5.75 Å². The number of nitrogens with two attached hydrogens (primary N) is 1. The molecule has 0 amide bonds. The second-order valence-corrected chi connectivity index (χ2v) is 11.6. The van der Waals surface area contributed by atoms with E-state index in [4.69, 9.17) is 24.3 Å². The number of ether oxygens (including phenoxy) is 2. The number of nitrogens with one attached hydrogen (secondary N) is 2. The van der Waals surface area contributed by atoms with Gasteiger partial charge < -0.3 is 25.0 Å². The highest BCUT2D eigenvalue weighted by molar-refractivity contribution is 7.52. The van der Waals surface area contributed by atoms with Crippen LogP contribution in [-0.4, -0.2) is 56.6 Å². The molecule has 0 spiro atoms. The largest absolute Gasteiger partial charge is 0.462 e. The van der Waals surface area contributed by atoms with Crippen molar-refractivity contribution in [1.82, 2.24) is 24.6 Å². The number of para-hydroxylation sites is 1. The number of benzene rings is 1. The third kappa shape index (κ3) is 6.87. The minimum Gasteiger partial charge on any atom is -0.462 e. The molecular weight excluding hydrogens is 544 g/mol. The first-order valence-electron chi connectivity index (χ1n) is 13.0. The van der Waals surface area contributed by atoms with Crippen molar-refractivity contribution in [2.45, 2.75) is 65.3 Å². The molecule has 0 saturated carbocycles. The third-order valence-corrected chi connectivity index (χ3v) is 7.60. The number of hydrogen-bond donors (Lipinski definition) is 3. The molecule has 1 fully saturated rings. The average molecular weight is 580 g/mol. The number of fused-ring (bicyclic) bond motifs is 1. The highest BCUT2D eigenvalue weighted by atomic mass is 31.2. The lowest BCUT2D eigenvalue weighted by Gasteiger charge is -2.26. The first-order chi connectivity index (χ1) is 18.9. The molecule has 218 valence electrons. The summed E-state index contributed by atoms with van der Waals surface area (Å²) in [5, 5.41) is 5.63. The summed E-state index contributed by atoms with van der Waals surface area (Å²) in [5.74, 6) is -2.68. The molecule has 5 atom stereocenters. The van der Waals surface area contributed by atoms with Crippen molar-refractivity contribution in [2.24, 2.45) is 5.92 Å². The highest BCUT2D eigenvalue weighted by Gasteiger charge is 2.49. The number of hydrogen-bond acceptors (Lipinski definition) is 11. The second kappa shape index (κ2) is 12.0. The van der Waals surface area contributed by atoms with Crippen molar-refractivity contribution in [3.8, 4) is 5.75 Å².